The first-order chi connectivity index (χ1) is 12.5. The molecule has 0 fully saturated rings. The summed E-state index contributed by atoms with van der Waals surface area (Å²) in [7, 11) is 0. The van der Waals surface area contributed by atoms with Crippen molar-refractivity contribution in [2.24, 2.45) is 11.7 Å². The van der Waals surface area contributed by atoms with E-state index in [9.17, 15) is 14.4 Å². The van der Waals surface area contributed by atoms with Crippen LogP contribution in [0.15, 0.2) is 0 Å². The Bertz CT molecular complexity index is 393. The second-order valence-electron chi connectivity index (χ2n) is 7.61. The summed E-state index contributed by atoms with van der Waals surface area (Å²) in [6.45, 7) is 4.31. The highest BCUT2D eigenvalue weighted by Crippen LogP contribution is 2.18. The van der Waals surface area contributed by atoms with Crippen LogP contribution in [0.5, 0.6) is 0 Å². The molecule has 1 amide bonds. The predicted molar refractivity (Wildman–Crippen MR) is 108 cm³/mol. The van der Waals surface area contributed by atoms with Gasteiger partial charge >= 0.3 is 0 Å². The fraction of sp³-hybridized carbons (Fsp3) is 0.864. The standard InChI is InChI=1S/C22H41NO3/c1-3-5-7-8-9-10-11-12-14-15-20(24)17-19(18-22(23)26)21(25)16-13-6-4-2/h19H,3-18H2,1-2H3,(H2,23,26). The Morgan fingerprint density at radius 2 is 1.12 bits per heavy atom. The lowest BCUT2D eigenvalue weighted by molar-refractivity contribution is -0.131. The molecule has 0 rings (SSSR count). The molecule has 0 saturated carbocycles. The molecule has 0 aliphatic carbocycles. The molecule has 0 radical (unpaired) electrons. The van der Waals surface area contributed by atoms with E-state index in [-0.39, 0.29) is 24.4 Å². The summed E-state index contributed by atoms with van der Waals surface area (Å²) in [4.78, 5) is 35.6. The molecule has 1 atom stereocenters. The molecule has 4 nitrogen and oxygen atoms in total. The highest BCUT2D eigenvalue weighted by Gasteiger charge is 2.23. The van der Waals surface area contributed by atoms with Crippen LogP contribution in [0.1, 0.15) is 117 Å². The van der Waals surface area contributed by atoms with Gasteiger partial charge in [-0.2, -0.15) is 0 Å². The lowest BCUT2D eigenvalue weighted by Gasteiger charge is -2.13. The second-order valence-corrected chi connectivity index (χ2v) is 7.61. The van der Waals surface area contributed by atoms with E-state index in [1.807, 2.05) is 0 Å². The van der Waals surface area contributed by atoms with E-state index in [1.54, 1.807) is 0 Å². The van der Waals surface area contributed by atoms with Crippen LogP contribution in [-0.2, 0) is 14.4 Å². The third-order valence-corrected chi connectivity index (χ3v) is 4.96. The van der Waals surface area contributed by atoms with Gasteiger partial charge in [-0.05, 0) is 12.8 Å². The molecule has 0 bridgehead atoms. The lowest BCUT2D eigenvalue weighted by atomic mass is 9.89. The molecule has 0 heterocycles. The van der Waals surface area contributed by atoms with Gasteiger partial charge in [-0.25, -0.2) is 0 Å². The van der Waals surface area contributed by atoms with Gasteiger partial charge in [-0.1, -0.05) is 78.1 Å². The van der Waals surface area contributed by atoms with Crippen LogP contribution in [0.3, 0.4) is 0 Å². The van der Waals surface area contributed by atoms with Gasteiger partial charge in [0, 0.05) is 31.6 Å². The lowest BCUT2D eigenvalue weighted by Crippen LogP contribution is -2.25. The number of unbranched alkanes of at least 4 members (excludes halogenated alkanes) is 10. The molecule has 1 unspecified atom stereocenters. The fourth-order valence-electron chi connectivity index (χ4n) is 3.31. The molecule has 0 aromatic rings. The van der Waals surface area contributed by atoms with Crippen LogP contribution >= 0.6 is 0 Å². The molecule has 0 spiro atoms. The molecular formula is C22H41NO3. The number of primary amides is 1. The summed E-state index contributed by atoms with van der Waals surface area (Å²) in [5.41, 5.74) is 5.26. The summed E-state index contributed by atoms with van der Waals surface area (Å²) in [5.74, 6) is -0.870. The van der Waals surface area contributed by atoms with Gasteiger partial charge in [0.25, 0.3) is 0 Å². The van der Waals surface area contributed by atoms with Gasteiger partial charge in [-0.15, -0.1) is 0 Å². The highest BCUT2D eigenvalue weighted by atomic mass is 16.1. The monoisotopic (exact) mass is 367 g/mol. The number of carbonyl (C=O) groups excluding carboxylic acids is 3. The fourth-order valence-corrected chi connectivity index (χ4v) is 3.31. The second kappa shape index (κ2) is 17.2. The van der Waals surface area contributed by atoms with Crippen molar-refractivity contribution >= 4 is 17.5 Å². The molecule has 0 saturated heterocycles. The molecule has 2 N–H and O–H groups in total. The first-order valence-electron chi connectivity index (χ1n) is 10.8. The van der Waals surface area contributed by atoms with Gasteiger partial charge in [0.1, 0.15) is 11.6 Å². The van der Waals surface area contributed by atoms with Crippen LogP contribution in [0.4, 0.5) is 0 Å². The number of hydrogen-bond acceptors (Lipinski definition) is 3. The van der Waals surface area contributed by atoms with Crippen LogP contribution in [0.2, 0.25) is 0 Å². The Morgan fingerprint density at radius 3 is 1.65 bits per heavy atom. The van der Waals surface area contributed by atoms with Crippen LogP contribution in [0, 0.1) is 5.92 Å². The van der Waals surface area contributed by atoms with Crippen LogP contribution in [-0.4, -0.2) is 17.5 Å². The van der Waals surface area contributed by atoms with Gasteiger partial charge in [-0.3, -0.25) is 14.4 Å². The summed E-state index contributed by atoms with van der Waals surface area (Å²) < 4.78 is 0. The first kappa shape index (κ1) is 24.8. The third-order valence-electron chi connectivity index (χ3n) is 4.96. The molecule has 4 heteroatoms. The van der Waals surface area contributed by atoms with E-state index in [2.05, 4.69) is 13.8 Å². The number of amides is 1. The number of nitrogens with two attached hydrogens (primary N) is 1. The molecule has 0 aromatic heterocycles. The quantitative estimate of drug-likeness (QED) is 0.306. The predicted octanol–water partition coefficient (Wildman–Crippen LogP) is 5.51. The van der Waals surface area contributed by atoms with Crippen molar-refractivity contribution in [2.75, 3.05) is 0 Å². The Hall–Kier alpha value is -1.19. The maximum Gasteiger partial charge on any atom is 0.218 e. The van der Waals surface area contributed by atoms with Gasteiger partial charge in [0.15, 0.2) is 0 Å². The van der Waals surface area contributed by atoms with E-state index in [1.165, 1.54) is 44.9 Å². The molecular weight excluding hydrogens is 326 g/mol. The Balaban J connectivity index is 3.94. The van der Waals surface area contributed by atoms with Crippen molar-refractivity contribution in [1.82, 2.24) is 0 Å². The van der Waals surface area contributed by atoms with E-state index in [0.29, 0.717) is 12.8 Å². The van der Waals surface area contributed by atoms with Crippen molar-refractivity contribution in [3.05, 3.63) is 0 Å². The van der Waals surface area contributed by atoms with Gasteiger partial charge in [0.2, 0.25) is 5.91 Å². The smallest absolute Gasteiger partial charge is 0.218 e. The van der Waals surface area contributed by atoms with E-state index in [4.69, 9.17) is 5.73 Å². The zero-order valence-electron chi connectivity index (χ0n) is 17.2. The Labute approximate surface area is 160 Å². The zero-order valence-corrected chi connectivity index (χ0v) is 17.2. The molecule has 0 aliphatic rings. The largest absolute Gasteiger partial charge is 0.370 e. The third kappa shape index (κ3) is 15.1. The molecule has 26 heavy (non-hydrogen) atoms. The van der Waals surface area contributed by atoms with Crippen LogP contribution in [0.25, 0.3) is 0 Å². The molecule has 0 aromatic carbocycles. The molecule has 152 valence electrons. The Kier molecular flexibility index (Phi) is 16.4. The number of ketones is 2. The SMILES string of the molecule is CCCCCCCCCCCC(=O)CC(CC(N)=O)C(=O)CCCCC. The van der Waals surface area contributed by atoms with Gasteiger partial charge < -0.3 is 5.73 Å². The number of carbonyl (C=O) groups is 3. The zero-order chi connectivity index (χ0) is 19.6. The number of Topliss-reactive ketones (excluding diaryl/α,β-unsaturated/α-hetero) is 2. The summed E-state index contributed by atoms with van der Waals surface area (Å²) in [6, 6.07) is 0. The van der Waals surface area contributed by atoms with Crippen molar-refractivity contribution in [3.8, 4) is 0 Å². The topological polar surface area (TPSA) is 77.2 Å². The van der Waals surface area contributed by atoms with Crippen molar-refractivity contribution in [1.29, 1.82) is 0 Å². The maximum atomic E-state index is 12.3. The minimum atomic E-state index is -0.504. The van der Waals surface area contributed by atoms with Gasteiger partial charge in [0.05, 0.1) is 0 Å². The highest BCUT2D eigenvalue weighted by molar-refractivity contribution is 5.91. The summed E-state index contributed by atoms with van der Waals surface area (Å²) in [5, 5.41) is 0. The van der Waals surface area contributed by atoms with E-state index >= 15 is 0 Å². The minimum Gasteiger partial charge on any atom is -0.370 e. The van der Waals surface area contributed by atoms with Crippen molar-refractivity contribution < 1.29 is 14.4 Å². The summed E-state index contributed by atoms with van der Waals surface area (Å²) in [6.07, 6.45) is 15.0. The molecule has 0 aliphatic heterocycles. The normalized spacial score (nSPS) is 12.1. The van der Waals surface area contributed by atoms with Crippen molar-refractivity contribution in [2.45, 2.75) is 117 Å². The average Bonchev–Trinajstić information content (AvgIpc) is 2.59. The average molecular weight is 368 g/mol. The Morgan fingerprint density at radius 1 is 0.654 bits per heavy atom. The number of rotatable bonds is 19. The minimum absolute atomic E-state index is 0.00839. The van der Waals surface area contributed by atoms with E-state index < -0.39 is 11.8 Å². The van der Waals surface area contributed by atoms with Crippen molar-refractivity contribution in [3.63, 3.8) is 0 Å². The number of hydrogen-bond donors (Lipinski definition) is 1. The maximum absolute atomic E-state index is 12.3. The first-order valence-corrected chi connectivity index (χ1v) is 10.8. The van der Waals surface area contributed by atoms with E-state index in [0.717, 1.165) is 32.1 Å². The van der Waals surface area contributed by atoms with Crippen LogP contribution < -0.4 is 5.73 Å². The summed E-state index contributed by atoms with van der Waals surface area (Å²) >= 11 is 0.